The molecule has 0 saturated heterocycles. The van der Waals surface area contributed by atoms with Crippen molar-refractivity contribution in [2.75, 3.05) is 6.54 Å². The quantitative estimate of drug-likeness (QED) is 0.672. The zero-order valence-electron chi connectivity index (χ0n) is 7.97. The molecule has 2 atom stereocenters. The Labute approximate surface area is 69.2 Å². The number of hydrogen-bond donors (Lipinski definition) is 1. The van der Waals surface area contributed by atoms with Gasteiger partial charge in [-0.15, -0.1) is 0 Å². The largest absolute Gasteiger partial charge is 0.330 e. The number of nitrogens with two attached hydrogens (primary N) is 1. The molecule has 11 heavy (non-hydrogen) atoms. The fourth-order valence-corrected chi connectivity index (χ4v) is 1.26. The Bertz CT molecular complexity index is 102. The van der Waals surface area contributed by atoms with Gasteiger partial charge in [-0.3, -0.25) is 0 Å². The predicted molar refractivity (Wildman–Crippen MR) is 47.1 cm³/mol. The van der Waals surface area contributed by atoms with Crippen molar-refractivity contribution in [3.63, 3.8) is 0 Å². The van der Waals surface area contributed by atoms with Gasteiger partial charge in [0.1, 0.15) is 6.17 Å². The third-order valence-corrected chi connectivity index (χ3v) is 2.17. The minimum absolute atomic E-state index is 0.0231. The van der Waals surface area contributed by atoms with E-state index in [1.807, 2.05) is 27.7 Å². The highest BCUT2D eigenvalue weighted by molar-refractivity contribution is 4.75. The number of alkyl halides is 1. The summed E-state index contributed by atoms with van der Waals surface area (Å²) in [5.74, 6) is 0.457. The fourth-order valence-electron chi connectivity index (χ4n) is 1.26. The van der Waals surface area contributed by atoms with Crippen molar-refractivity contribution in [1.82, 2.24) is 0 Å². The third-order valence-electron chi connectivity index (χ3n) is 2.17. The molecule has 0 bridgehead atoms. The zero-order chi connectivity index (χ0) is 9.02. The molecule has 68 valence electrons. The molecule has 0 aliphatic heterocycles. The lowest BCUT2D eigenvalue weighted by molar-refractivity contribution is 0.138. The molecular formula is C9H20FN. The fraction of sp³-hybridized carbons (Fsp3) is 1.00. The predicted octanol–water partition coefficient (Wildman–Crippen LogP) is 2.21. The van der Waals surface area contributed by atoms with Crippen LogP contribution in [0.5, 0.6) is 0 Å². The molecule has 0 aromatic carbocycles. The lowest BCUT2D eigenvalue weighted by Gasteiger charge is -2.25. The summed E-state index contributed by atoms with van der Waals surface area (Å²) in [6.45, 7) is 8.29. The first-order valence-electron chi connectivity index (χ1n) is 4.34. The van der Waals surface area contributed by atoms with Gasteiger partial charge in [0, 0.05) is 5.92 Å². The maximum atomic E-state index is 13.4. The number of halogens is 1. The van der Waals surface area contributed by atoms with Crippen LogP contribution in [0.3, 0.4) is 0 Å². The SMILES string of the molecule is CC(C)C(F)C(CN)C(C)C. The third kappa shape index (κ3) is 3.19. The van der Waals surface area contributed by atoms with Gasteiger partial charge < -0.3 is 5.73 Å². The summed E-state index contributed by atoms with van der Waals surface area (Å²) in [6.07, 6.45) is -0.750. The van der Waals surface area contributed by atoms with E-state index in [0.717, 1.165) is 0 Å². The van der Waals surface area contributed by atoms with Gasteiger partial charge in [-0.25, -0.2) is 4.39 Å². The van der Waals surface area contributed by atoms with E-state index in [2.05, 4.69) is 0 Å². The molecule has 2 heteroatoms. The van der Waals surface area contributed by atoms with E-state index in [1.54, 1.807) is 0 Å². The van der Waals surface area contributed by atoms with Crippen LogP contribution in [0.2, 0.25) is 0 Å². The molecule has 0 saturated carbocycles. The summed E-state index contributed by atoms with van der Waals surface area (Å²) >= 11 is 0. The zero-order valence-corrected chi connectivity index (χ0v) is 7.97. The highest BCUT2D eigenvalue weighted by atomic mass is 19.1. The van der Waals surface area contributed by atoms with Crippen molar-refractivity contribution in [2.24, 2.45) is 23.5 Å². The van der Waals surface area contributed by atoms with E-state index in [4.69, 9.17) is 5.73 Å². The van der Waals surface area contributed by atoms with Crippen LogP contribution in [0, 0.1) is 17.8 Å². The maximum Gasteiger partial charge on any atom is 0.107 e. The molecule has 0 aromatic rings. The highest BCUT2D eigenvalue weighted by Crippen LogP contribution is 2.22. The number of rotatable bonds is 4. The van der Waals surface area contributed by atoms with Crippen LogP contribution in [-0.4, -0.2) is 12.7 Å². The molecule has 2 N–H and O–H groups in total. The van der Waals surface area contributed by atoms with E-state index >= 15 is 0 Å². The maximum absolute atomic E-state index is 13.4. The second-order valence-electron chi connectivity index (χ2n) is 3.83. The smallest absolute Gasteiger partial charge is 0.107 e. The van der Waals surface area contributed by atoms with Crippen molar-refractivity contribution >= 4 is 0 Å². The Balaban J connectivity index is 4.02. The molecule has 0 spiro atoms. The van der Waals surface area contributed by atoms with Crippen LogP contribution in [0.25, 0.3) is 0 Å². The average Bonchev–Trinajstić information content (AvgIpc) is 1.88. The molecule has 0 aliphatic carbocycles. The molecule has 0 aliphatic rings. The van der Waals surface area contributed by atoms with E-state index in [1.165, 1.54) is 0 Å². The lowest BCUT2D eigenvalue weighted by atomic mass is 9.86. The lowest BCUT2D eigenvalue weighted by Crippen LogP contribution is -2.32. The summed E-state index contributed by atoms with van der Waals surface area (Å²) in [5.41, 5.74) is 5.47. The molecule has 0 radical (unpaired) electrons. The van der Waals surface area contributed by atoms with Gasteiger partial charge in [0.25, 0.3) is 0 Å². The van der Waals surface area contributed by atoms with Gasteiger partial charge in [-0.1, -0.05) is 27.7 Å². The Kier molecular flexibility index (Phi) is 4.66. The summed E-state index contributed by atoms with van der Waals surface area (Å²) in [7, 11) is 0. The van der Waals surface area contributed by atoms with Crippen LogP contribution >= 0.6 is 0 Å². The topological polar surface area (TPSA) is 26.0 Å². The normalized spacial score (nSPS) is 17.5. The van der Waals surface area contributed by atoms with Crippen molar-refractivity contribution in [2.45, 2.75) is 33.9 Å². The monoisotopic (exact) mass is 161 g/mol. The summed E-state index contributed by atoms with van der Waals surface area (Å²) in [5, 5.41) is 0. The Morgan fingerprint density at radius 2 is 1.55 bits per heavy atom. The van der Waals surface area contributed by atoms with Crippen LogP contribution in [0.1, 0.15) is 27.7 Å². The van der Waals surface area contributed by atoms with Crippen molar-refractivity contribution in [1.29, 1.82) is 0 Å². The van der Waals surface area contributed by atoms with E-state index < -0.39 is 6.17 Å². The summed E-state index contributed by atoms with van der Waals surface area (Å²) < 4.78 is 13.4. The van der Waals surface area contributed by atoms with Crippen LogP contribution in [0.15, 0.2) is 0 Å². The number of hydrogen-bond acceptors (Lipinski definition) is 1. The van der Waals surface area contributed by atoms with Crippen LogP contribution in [-0.2, 0) is 0 Å². The first-order chi connectivity index (χ1) is 5.00. The van der Waals surface area contributed by atoms with Gasteiger partial charge >= 0.3 is 0 Å². The summed E-state index contributed by atoms with van der Waals surface area (Å²) in [4.78, 5) is 0. The molecule has 0 amide bonds. The molecule has 0 fully saturated rings. The molecule has 0 rings (SSSR count). The van der Waals surface area contributed by atoms with Crippen molar-refractivity contribution < 1.29 is 4.39 Å². The average molecular weight is 161 g/mol. The van der Waals surface area contributed by atoms with E-state index in [-0.39, 0.29) is 11.8 Å². The van der Waals surface area contributed by atoms with Gasteiger partial charge in [-0.2, -0.15) is 0 Å². The minimum atomic E-state index is -0.750. The van der Waals surface area contributed by atoms with Gasteiger partial charge in [0.15, 0.2) is 0 Å². The van der Waals surface area contributed by atoms with Gasteiger partial charge in [0.05, 0.1) is 0 Å². The molecule has 0 heterocycles. The second kappa shape index (κ2) is 4.70. The Morgan fingerprint density at radius 1 is 1.09 bits per heavy atom. The standard InChI is InChI=1S/C9H20FN/c1-6(2)8(5-11)9(10)7(3)4/h6-9H,5,11H2,1-4H3. The van der Waals surface area contributed by atoms with Crippen molar-refractivity contribution in [3.05, 3.63) is 0 Å². The van der Waals surface area contributed by atoms with Gasteiger partial charge in [-0.05, 0) is 18.4 Å². The minimum Gasteiger partial charge on any atom is -0.330 e. The Hall–Kier alpha value is -0.110. The van der Waals surface area contributed by atoms with Crippen LogP contribution < -0.4 is 5.73 Å². The van der Waals surface area contributed by atoms with Crippen molar-refractivity contribution in [3.8, 4) is 0 Å². The second-order valence-corrected chi connectivity index (χ2v) is 3.83. The summed E-state index contributed by atoms with van der Waals surface area (Å²) in [6, 6.07) is 0. The molecule has 2 unspecified atom stereocenters. The first-order valence-corrected chi connectivity index (χ1v) is 4.34. The van der Waals surface area contributed by atoms with Crippen LogP contribution in [0.4, 0.5) is 4.39 Å². The van der Waals surface area contributed by atoms with Gasteiger partial charge in [0.2, 0.25) is 0 Å². The molecular weight excluding hydrogens is 141 g/mol. The van der Waals surface area contributed by atoms with E-state index in [0.29, 0.717) is 12.5 Å². The molecule has 0 aromatic heterocycles. The Morgan fingerprint density at radius 3 is 1.64 bits per heavy atom. The van der Waals surface area contributed by atoms with E-state index in [9.17, 15) is 4.39 Å². The first kappa shape index (κ1) is 10.9. The molecule has 1 nitrogen and oxygen atoms in total. The highest BCUT2D eigenvalue weighted by Gasteiger charge is 2.25.